The van der Waals surface area contributed by atoms with Gasteiger partial charge in [-0.05, 0) is 42.8 Å². The number of halogens is 1. The molecule has 2 aromatic rings. The number of piperidine rings is 1. The van der Waals surface area contributed by atoms with E-state index in [1.807, 2.05) is 0 Å². The lowest BCUT2D eigenvalue weighted by atomic mass is 10.2. The molecular formula is C16H17ClN4O3S2. The molecule has 1 saturated heterocycles. The minimum atomic E-state index is -3.51. The predicted molar refractivity (Wildman–Crippen MR) is 98.7 cm³/mol. The maximum absolute atomic E-state index is 12.6. The molecule has 1 aliphatic rings. The number of carbonyl (C=O) groups excluding carboxylic acids is 1. The van der Waals surface area contributed by atoms with Gasteiger partial charge >= 0.3 is 0 Å². The Balaban J connectivity index is 1.76. The Hall–Kier alpha value is -1.68. The summed E-state index contributed by atoms with van der Waals surface area (Å²) in [5, 5.41) is 1.28. The molecule has 0 unspecified atom stereocenters. The van der Waals surface area contributed by atoms with Crippen molar-refractivity contribution in [3.05, 3.63) is 41.2 Å². The van der Waals surface area contributed by atoms with Gasteiger partial charge in [0.25, 0.3) is 0 Å². The number of hydrogen-bond acceptors (Lipinski definition) is 6. The molecule has 0 radical (unpaired) electrons. The number of amides is 1. The summed E-state index contributed by atoms with van der Waals surface area (Å²) in [6.45, 7) is 1.09. The van der Waals surface area contributed by atoms with Crippen LogP contribution in [0, 0.1) is 0 Å². The van der Waals surface area contributed by atoms with E-state index >= 15 is 0 Å². The topological polar surface area (TPSA) is 106 Å². The molecule has 138 valence electrons. The van der Waals surface area contributed by atoms with Crippen LogP contribution in [0.2, 0.25) is 5.02 Å². The number of pyridine rings is 2. The largest absolute Gasteiger partial charge is 0.366 e. The molecule has 2 aromatic heterocycles. The van der Waals surface area contributed by atoms with Crippen molar-refractivity contribution < 1.29 is 13.2 Å². The molecule has 26 heavy (non-hydrogen) atoms. The summed E-state index contributed by atoms with van der Waals surface area (Å²) in [7, 11) is -3.51. The summed E-state index contributed by atoms with van der Waals surface area (Å²) >= 11 is 7.28. The second-order valence-corrected chi connectivity index (χ2v) is 9.13. The summed E-state index contributed by atoms with van der Waals surface area (Å²) < 4.78 is 26.7. The van der Waals surface area contributed by atoms with Gasteiger partial charge in [0.05, 0.1) is 10.6 Å². The van der Waals surface area contributed by atoms with Crippen LogP contribution in [0.25, 0.3) is 0 Å². The summed E-state index contributed by atoms with van der Waals surface area (Å²) in [6, 6.07) is 4.58. The first-order chi connectivity index (χ1) is 12.4. The fraction of sp³-hybridized carbons (Fsp3) is 0.312. The zero-order chi connectivity index (χ0) is 18.7. The van der Waals surface area contributed by atoms with Crippen LogP contribution >= 0.6 is 23.4 Å². The number of hydrogen-bond donors (Lipinski definition) is 1. The Morgan fingerprint density at radius 2 is 1.88 bits per heavy atom. The van der Waals surface area contributed by atoms with E-state index in [1.54, 1.807) is 6.07 Å². The van der Waals surface area contributed by atoms with Crippen LogP contribution in [0.5, 0.6) is 0 Å². The molecule has 0 bridgehead atoms. The summed E-state index contributed by atoms with van der Waals surface area (Å²) in [6.07, 6.45) is 5.50. The molecule has 0 aliphatic carbocycles. The van der Waals surface area contributed by atoms with Crippen molar-refractivity contribution in [2.75, 3.05) is 13.1 Å². The average molecular weight is 413 g/mol. The summed E-state index contributed by atoms with van der Waals surface area (Å²) in [4.78, 5) is 19.6. The Kier molecular flexibility index (Phi) is 5.81. The monoisotopic (exact) mass is 412 g/mol. The van der Waals surface area contributed by atoms with Crippen LogP contribution in [0.4, 0.5) is 0 Å². The fourth-order valence-corrected chi connectivity index (χ4v) is 5.01. The third kappa shape index (κ3) is 4.17. The summed E-state index contributed by atoms with van der Waals surface area (Å²) in [5.41, 5.74) is 5.40. The standard InChI is InChI=1S/C16H17ClN4O3S2/c17-13-8-11(15(18)22)9-20-16(13)25-14-5-4-12(10-19-14)26(23,24)21-6-2-1-3-7-21/h4-5,8-10H,1-3,6-7H2,(H2,18,22). The van der Waals surface area contributed by atoms with E-state index in [9.17, 15) is 13.2 Å². The van der Waals surface area contributed by atoms with Gasteiger partial charge < -0.3 is 5.73 Å². The SMILES string of the molecule is NC(=O)c1cnc(Sc2ccc(S(=O)(=O)N3CCCCC3)cn2)c(Cl)c1. The van der Waals surface area contributed by atoms with Gasteiger partial charge in [0.1, 0.15) is 14.9 Å². The van der Waals surface area contributed by atoms with E-state index in [0.29, 0.717) is 23.1 Å². The van der Waals surface area contributed by atoms with Crippen LogP contribution in [0.15, 0.2) is 45.5 Å². The van der Waals surface area contributed by atoms with Crippen LogP contribution in [0.1, 0.15) is 29.6 Å². The first-order valence-corrected chi connectivity index (χ1v) is 10.6. The minimum absolute atomic E-state index is 0.173. The third-order valence-corrected chi connectivity index (χ3v) is 7.21. The third-order valence-electron chi connectivity index (χ3n) is 3.96. The van der Waals surface area contributed by atoms with Crippen molar-refractivity contribution in [2.24, 2.45) is 5.73 Å². The Labute approximate surface area is 161 Å². The predicted octanol–water partition coefficient (Wildman–Crippen LogP) is 2.55. The van der Waals surface area contributed by atoms with Crippen LogP contribution in [0.3, 0.4) is 0 Å². The van der Waals surface area contributed by atoms with Crippen molar-refractivity contribution >= 4 is 39.3 Å². The molecule has 1 fully saturated rings. The highest BCUT2D eigenvalue weighted by Crippen LogP contribution is 2.31. The highest BCUT2D eigenvalue weighted by atomic mass is 35.5. The molecule has 10 heteroatoms. The van der Waals surface area contributed by atoms with Gasteiger partial charge in [0.2, 0.25) is 15.9 Å². The van der Waals surface area contributed by atoms with Gasteiger partial charge in [-0.2, -0.15) is 4.31 Å². The van der Waals surface area contributed by atoms with Gasteiger partial charge in [-0.15, -0.1) is 0 Å². The number of primary amides is 1. The molecule has 0 saturated carbocycles. The number of nitrogens with two attached hydrogens (primary N) is 1. The van der Waals surface area contributed by atoms with E-state index in [0.717, 1.165) is 19.3 Å². The molecule has 0 aromatic carbocycles. The highest BCUT2D eigenvalue weighted by molar-refractivity contribution is 7.99. The second-order valence-electron chi connectivity index (χ2n) is 5.77. The molecule has 0 atom stereocenters. The molecule has 3 heterocycles. The van der Waals surface area contributed by atoms with Crippen LogP contribution < -0.4 is 5.73 Å². The van der Waals surface area contributed by atoms with Gasteiger partial charge in [0.15, 0.2) is 0 Å². The Morgan fingerprint density at radius 1 is 1.15 bits per heavy atom. The maximum atomic E-state index is 12.6. The number of rotatable bonds is 5. The van der Waals surface area contributed by atoms with E-state index in [4.69, 9.17) is 17.3 Å². The lowest BCUT2D eigenvalue weighted by Gasteiger charge is -2.25. The van der Waals surface area contributed by atoms with Crippen molar-refractivity contribution in [1.29, 1.82) is 0 Å². The van der Waals surface area contributed by atoms with Crippen molar-refractivity contribution in [3.63, 3.8) is 0 Å². The lowest BCUT2D eigenvalue weighted by Crippen LogP contribution is -2.35. The van der Waals surface area contributed by atoms with Gasteiger partial charge in [-0.1, -0.05) is 18.0 Å². The van der Waals surface area contributed by atoms with E-state index in [2.05, 4.69) is 9.97 Å². The Morgan fingerprint density at radius 3 is 2.46 bits per heavy atom. The van der Waals surface area contributed by atoms with Gasteiger partial charge in [0, 0.05) is 25.5 Å². The molecular weight excluding hydrogens is 396 g/mol. The van der Waals surface area contributed by atoms with E-state index in [-0.39, 0.29) is 15.5 Å². The lowest BCUT2D eigenvalue weighted by molar-refractivity contribution is 0.1000. The molecule has 2 N–H and O–H groups in total. The number of sulfonamides is 1. The van der Waals surface area contributed by atoms with Crippen molar-refractivity contribution in [3.8, 4) is 0 Å². The fourth-order valence-electron chi connectivity index (χ4n) is 2.57. The number of aromatic nitrogens is 2. The highest BCUT2D eigenvalue weighted by Gasteiger charge is 2.26. The first-order valence-electron chi connectivity index (χ1n) is 7.97. The minimum Gasteiger partial charge on any atom is -0.366 e. The van der Waals surface area contributed by atoms with Crippen LogP contribution in [-0.2, 0) is 10.0 Å². The average Bonchev–Trinajstić information content (AvgIpc) is 2.64. The van der Waals surface area contributed by atoms with Gasteiger partial charge in [-0.3, -0.25) is 4.79 Å². The zero-order valence-electron chi connectivity index (χ0n) is 13.8. The Bertz CT molecular complexity index is 914. The molecule has 1 amide bonds. The van der Waals surface area contributed by atoms with Gasteiger partial charge in [-0.25, -0.2) is 18.4 Å². The van der Waals surface area contributed by atoms with E-state index < -0.39 is 15.9 Å². The van der Waals surface area contributed by atoms with E-state index in [1.165, 1.54) is 40.6 Å². The number of carbonyl (C=O) groups is 1. The number of nitrogens with zero attached hydrogens (tertiary/aromatic N) is 3. The van der Waals surface area contributed by atoms with Crippen molar-refractivity contribution in [1.82, 2.24) is 14.3 Å². The first kappa shape index (κ1) is 19.1. The normalized spacial score (nSPS) is 15.7. The molecule has 3 rings (SSSR count). The zero-order valence-corrected chi connectivity index (χ0v) is 16.1. The molecule has 0 spiro atoms. The maximum Gasteiger partial charge on any atom is 0.250 e. The van der Waals surface area contributed by atoms with Crippen molar-refractivity contribution in [2.45, 2.75) is 34.2 Å². The quantitative estimate of drug-likeness (QED) is 0.808. The van der Waals surface area contributed by atoms with Crippen LogP contribution in [-0.4, -0.2) is 41.7 Å². The molecule has 1 aliphatic heterocycles. The smallest absolute Gasteiger partial charge is 0.250 e. The summed E-state index contributed by atoms with van der Waals surface area (Å²) in [5.74, 6) is -0.610. The second kappa shape index (κ2) is 7.91. The molecule has 7 nitrogen and oxygen atoms in total.